The number of thiol groups is 1. The Balaban J connectivity index is 2.09. The van der Waals surface area contributed by atoms with Gasteiger partial charge in [0.15, 0.2) is 0 Å². The van der Waals surface area contributed by atoms with E-state index in [9.17, 15) is 0 Å². The Kier molecular flexibility index (Phi) is 9.56. The summed E-state index contributed by atoms with van der Waals surface area (Å²) in [4.78, 5) is 4.52. The Labute approximate surface area is 129 Å². The first-order valence-electron chi connectivity index (χ1n) is 7.98. The van der Waals surface area contributed by atoms with Crippen LogP contribution < -0.4 is 4.74 Å². The number of hydrogen-bond acceptors (Lipinski definition) is 3. The molecular formula is C17H29NOS. The maximum absolute atomic E-state index is 5.86. The number of unbranched alkanes of at least 4 members (excludes halogenated alkanes) is 6. The molecular weight excluding hydrogens is 266 g/mol. The summed E-state index contributed by atoms with van der Waals surface area (Å²) >= 11 is 4.23. The molecule has 1 heterocycles. The summed E-state index contributed by atoms with van der Waals surface area (Å²) in [5, 5.41) is 0. The highest BCUT2D eigenvalue weighted by Gasteiger charge is 2.03. The van der Waals surface area contributed by atoms with Crippen molar-refractivity contribution in [1.82, 2.24) is 4.98 Å². The number of rotatable bonds is 11. The van der Waals surface area contributed by atoms with Gasteiger partial charge in [0.25, 0.3) is 0 Å². The van der Waals surface area contributed by atoms with E-state index in [1.807, 2.05) is 13.0 Å². The summed E-state index contributed by atoms with van der Waals surface area (Å²) in [5.74, 6) is 1.99. The van der Waals surface area contributed by atoms with Crippen LogP contribution in [0.1, 0.15) is 63.3 Å². The van der Waals surface area contributed by atoms with Crippen molar-refractivity contribution in [3.63, 3.8) is 0 Å². The van der Waals surface area contributed by atoms with Crippen LogP contribution in [0.4, 0.5) is 0 Å². The van der Waals surface area contributed by atoms with Gasteiger partial charge in [-0.2, -0.15) is 12.6 Å². The number of pyridine rings is 1. The van der Waals surface area contributed by atoms with Gasteiger partial charge in [-0.25, -0.2) is 0 Å². The minimum atomic E-state index is 0.814. The van der Waals surface area contributed by atoms with E-state index in [2.05, 4.69) is 30.6 Å². The summed E-state index contributed by atoms with van der Waals surface area (Å²) in [7, 11) is 0. The molecule has 0 saturated carbocycles. The fourth-order valence-electron chi connectivity index (χ4n) is 2.26. The number of nitrogens with zero attached hydrogens (tertiary/aromatic N) is 1. The standard InChI is InChI=1S/C17H29NOS/c1-3-16-17(12-11-15(2)18-16)19-13-9-7-5-4-6-8-10-14-20/h11-12,20H,3-10,13-14H2,1-2H3. The van der Waals surface area contributed by atoms with E-state index in [0.29, 0.717) is 0 Å². The largest absolute Gasteiger partial charge is 0.492 e. The van der Waals surface area contributed by atoms with Crippen LogP contribution >= 0.6 is 12.6 Å². The molecule has 0 unspecified atom stereocenters. The quantitative estimate of drug-likeness (QED) is 0.459. The molecule has 1 aromatic heterocycles. The van der Waals surface area contributed by atoms with Crippen molar-refractivity contribution in [3.05, 3.63) is 23.5 Å². The van der Waals surface area contributed by atoms with Gasteiger partial charge < -0.3 is 4.74 Å². The van der Waals surface area contributed by atoms with Gasteiger partial charge >= 0.3 is 0 Å². The number of aromatic nitrogens is 1. The second kappa shape index (κ2) is 11.0. The second-order valence-corrected chi connectivity index (χ2v) is 5.75. The van der Waals surface area contributed by atoms with Gasteiger partial charge in [0, 0.05) is 5.69 Å². The molecule has 0 aliphatic rings. The van der Waals surface area contributed by atoms with Crippen LogP contribution in [0.25, 0.3) is 0 Å². The molecule has 0 fully saturated rings. The molecule has 0 aromatic carbocycles. The molecule has 2 nitrogen and oxygen atoms in total. The monoisotopic (exact) mass is 295 g/mol. The van der Waals surface area contributed by atoms with Gasteiger partial charge in [-0.05, 0) is 44.1 Å². The van der Waals surface area contributed by atoms with Gasteiger partial charge in [-0.1, -0.05) is 39.0 Å². The Morgan fingerprint density at radius 1 is 1.00 bits per heavy atom. The number of ether oxygens (including phenoxy) is 1. The molecule has 3 heteroatoms. The minimum Gasteiger partial charge on any atom is -0.492 e. The molecule has 20 heavy (non-hydrogen) atoms. The van der Waals surface area contributed by atoms with Crippen molar-refractivity contribution in [2.24, 2.45) is 0 Å². The maximum Gasteiger partial charge on any atom is 0.140 e. The average molecular weight is 295 g/mol. The zero-order valence-electron chi connectivity index (χ0n) is 13.0. The van der Waals surface area contributed by atoms with Crippen LogP contribution in [0, 0.1) is 6.92 Å². The zero-order chi connectivity index (χ0) is 14.6. The Bertz CT molecular complexity index is 368. The molecule has 0 bridgehead atoms. The second-order valence-electron chi connectivity index (χ2n) is 5.30. The van der Waals surface area contributed by atoms with E-state index in [1.165, 1.54) is 38.5 Å². The summed E-state index contributed by atoms with van der Waals surface area (Å²) in [5.41, 5.74) is 2.15. The Morgan fingerprint density at radius 3 is 2.30 bits per heavy atom. The molecule has 0 aliphatic heterocycles. The van der Waals surface area contributed by atoms with Crippen molar-refractivity contribution in [2.75, 3.05) is 12.4 Å². The van der Waals surface area contributed by atoms with Crippen LogP contribution in [-0.4, -0.2) is 17.3 Å². The van der Waals surface area contributed by atoms with Crippen molar-refractivity contribution in [3.8, 4) is 5.75 Å². The average Bonchev–Trinajstić information content (AvgIpc) is 2.46. The third-order valence-electron chi connectivity index (χ3n) is 3.47. The molecule has 0 atom stereocenters. The lowest BCUT2D eigenvalue weighted by Crippen LogP contribution is -2.02. The SMILES string of the molecule is CCc1nc(C)ccc1OCCCCCCCCCS. The summed E-state index contributed by atoms with van der Waals surface area (Å²) in [6.45, 7) is 4.96. The Morgan fingerprint density at radius 2 is 1.65 bits per heavy atom. The topological polar surface area (TPSA) is 22.1 Å². The van der Waals surface area contributed by atoms with Crippen LogP contribution in [-0.2, 0) is 6.42 Å². The van der Waals surface area contributed by atoms with Gasteiger partial charge in [0.1, 0.15) is 5.75 Å². The van der Waals surface area contributed by atoms with Gasteiger partial charge in [-0.15, -0.1) is 0 Å². The first-order valence-corrected chi connectivity index (χ1v) is 8.61. The van der Waals surface area contributed by atoms with E-state index >= 15 is 0 Å². The van der Waals surface area contributed by atoms with E-state index in [4.69, 9.17) is 4.74 Å². The predicted octanol–water partition coefficient (Wildman–Crippen LogP) is 4.99. The highest BCUT2D eigenvalue weighted by molar-refractivity contribution is 7.80. The molecule has 0 N–H and O–H groups in total. The Hall–Kier alpha value is -0.700. The molecule has 0 amide bonds. The normalized spacial score (nSPS) is 10.8. The fourth-order valence-corrected chi connectivity index (χ4v) is 2.49. The minimum absolute atomic E-state index is 0.814. The highest BCUT2D eigenvalue weighted by atomic mass is 32.1. The van der Waals surface area contributed by atoms with Gasteiger partial charge in [0.2, 0.25) is 0 Å². The fraction of sp³-hybridized carbons (Fsp3) is 0.706. The van der Waals surface area contributed by atoms with E-state index in [1.54, 1.807) is 0 Å². The first kappa shape index (κ1) is 17.4. The van der Waals surface area contributed by atoms with Crippen LogP contribution in [0.3, 0.4) is 0 Å². The number of aryl methyl sites for hydroxylation is 2. The van der Waals surface area contributed by atoms with Crippen molar-refractivity contribution in [1.29, 1.82) is 0 Å². The van der Waals surface area contributed by atoms with Crippen LogP contribution in [0.2, 0.25) is 0 Å². The van der Waals surface area contributed by atoms with Gasteiger partial charge in [-0.3, -0.25) is 4.98 Å². The summed E-state index contributed by atoms with van der Waals surface area (Å²) in [6.07, 6.45) is 9.95. The van der Waals surface area contributed by atoms with Crippen molar-refractivity contribution in [2.45, 2.75) is 65.2 Å². The lowest BCUT2D eigenvalue weighted by Gasteiger charge is -2.10. The highest BCUT2D eigenvalue weighted by Crippen LogP contribution is 2.18. The third-order valence-corrected chi connectivity index (χ3v) is 3.78. The zero-order valence-corrected chi connectivity index (χ0v) is 13.9. The van der Waals surface area contributed by atoms with E-state index in [0.717, 1.165) is 42.3 Å². The van der Waals surface area contributed by atoms with Gasteiger partial charge in [0.05, 0.1) is 12.3 Å². The van der Waals surface area contributed by atoms with Crippen molar-refractivity contribution < 1.29 is 4.74 Å². The predicted molar refractivity (Wildman–Crippen MR) is 90.0 cm³/mol. The molecule has 0 saturated heterocycles. The number of hydrogen-bond donors (Lipinski definition) is 1. The maximum atomic E-state index is 5.86. The molecule has 114 valence electrons. The molecule has 0 spiro atoms. The van der Waals surface area contributed by atoms with Crippen molar-refractivity contribution >= 4 is 12.6 Å². The molecule has 0 radical (unpaired) electrons. The van der Waals surface area contributed by atoms with E-state index in [-0.39, 0.29) is 0 Å². The van der Waals surface area contributed by atoms with Crippen LogP contribution in [0.5, 0.6) is 5.75 Å². The molecule has 1 rings (SSSR count). The third kappa shape index (κ3) is 7.18. The smallest absolute Gasteiger partial charge is 0.140 e. The lowest BCUT2D eigenvalue weighted by atomic mass is 10.1. The molecule has 1 aromatic rings. The lowest BCUT2D eigenvalue weighted by molar-refractivity contribution is 0.300. The summed E-state index contributed by atoms with van der Waals surface area (Å²) in [6, 6.07) is 4.08. The molecule has 0 aliphatic carbocycles. The van der Waals surface area contributed by atoms with Crippen LogP contribution in [0.15, 0.2) is 12.1 Å². The van der Waals surface area contributed by atoms with E-state index < -0.39 is 0 Å². The first-order chi connectivity index (χ1) is 9.77. The summed E-state index contributed by atoms with van der Waals surface area (Å²) < 4.78 is 5.86.